The highest BCUT2D eigenvalue weighted by atomic mass is 31.2. The first-order valence-corrected chi connectivity index (χ1v) is 9.16. The minimum absolute atomic E-state index is 0.0129. The second-order valence-corrected chi connectivity index (χ2v) is 6.34. The number of carbonyl (C=O) groups is 1. The molecule has 0 saturated carbocycles. The molecule has 0 fully saturated rings. The number of ether oxygens (including phenoxy) is 2. The van der Waals surface area contributed by atoms with Crippen molar-refractivity contribution >= 4 is 18.9 Å². The molecule has 0 amide bonds. The van der Waals surface area contributed by atoms with Crippen LogP contribution in [0.25, 0.3) is 5.31 Å². The first-order chi connectivity index (χ1) is 11.5. The van der Waals surface area contributed by atoms with Crippen molar-refractivity contribution in [3.8, 4) is 0 Å². The number of hydrogen-bond donors (Lipinski definition) is 0. The van der Waals surface area contributed by atoms with Crippen LogP contribution in [0.2, 0.25) is 0 Å². The van der Waals surface area contributed by atoms with E-state index in [1.807, 2.05) is 0 Å². The van der Waals surface area contributed by atoms with Gasteiger partial charge in [0.25, 0.3) is 0 Å². The average Bonchev–Trinajstić information content (AvgIpc) is 3.01. The summed E-state index contributed by atoms with van der Waals surface area (Å²) in [6, 6.07) is 2.91. The SMILES string of the molecule is C=CCO/C=C(\c1ccc(C(=O)OCC)o1)P(=O)(OCC)OCC. The standard InChI is InChI=1S/C16H23O7P/c1-5-11-19-12-15(24(18,21-7-3)22-8-4)13-9-10-14(23-13)16(17)20-6-2/h5,9-10,12H,1,6-8,11H2,2-4H3/b15-12+. The van der Waals surface area contributed by atoms with Crippen molar-refractivity contribution in [2.45, 2.75) is 20.8 Å². The van der Waals surface area contributed by atoms with Gasteiger partial charge in [-0.05, 0) is 32.9 Å². The van der Waals surface area contributed by atoms with Gasteiger partial charge < -0.3 is 22.9 Å². The van der Waals surface area contributed by atoms with Crippen LogP contribution in [-0.4, -0.2) is 32.4 Å². The predicted octanol–water partition coefficient (Wildman–Crippen LogP) is 4.22. The normalized spacial score (nSPS) is 12.0. The van der Waals surface area contributed by atoms with Crippen LogP contribution < -0.4 is 0 Å². The molecule has 7 nitrogen and oxygen atoms in total. The van der Waals surface area contributed by atoms with Crippen LogP contribution in [0.1, 0.15) is 37.1 Å². The zero-order valence-electron chi connectivity index (χ0n) is 14.1. The van der Waals surface area contributed by atoms with E-state index in [9.17, 15) is 9.36 Å². The third-order valence-corrected chi connectivity index (χ3v) is 4.75. The van der Waals surface area contributed by atoms with E-state index in [1.165, 1.54) is 24.5 Å². The first-order valence-electron chi connectivity index (χ1n) is 7.62. The van der Waals surface area contributed by atoms with Crippen molar-refractivity contribution in [3.05, 3.63) is 42.6 Å². The van der Waals surface area contributed by atoms with E-state index in [2.05, 4.69) is 6.58 Å². The lowest BCUT2D eigenvalue weighted by atomic mass is 10.4. The highest BCUT2D eigenvalue weighted by molar-refractivity contribution is 7.65. The maximum Gasteiger partial charge on any atom is 0.374 e. The monoisotopic (exact) mass is 358 g/mol. The Hall–Kier alpha value is -1.82. The zero-order chi connectivity index (χ0) is 18.0. The van der Waals surface area contributed by atoms with Gasteiger partial charge in [-0.2, -0.15) is 0 Å². The molecule has 134 valence electrons. The van der Waals surface area contributed by atoms with Gasteiger partial charge in [0.05, 0.1) is 19.8 Å². The van der Waals surface area contributed by atoms with Crippen LogP contribution in [0.15, 0.2) is 35.5 Å². The molecule has 1 heterocycles. The highest BCUT2D eigenvalue weighted by Crippen LogP contribution is 2.60. The molecule has 24 heavy (non-hydrogen) atoms. The summed E-state index contributed by atoms with van der Waals surface area (Å²) in [4.78, 5) is 11.7. The Morgan fingerprint density at radius 3 is 2.33 bits per heavy atom. The number of furan rings is 1. The second-order valence-electron chi connectivity index (χ2n) is 4.34. The Kier molecular flexibility index (Phi) is 8.54. The number of esters is 1. The maximum absolute atomic E-state index is 13.0. The van der Waals surface area contributed by atoms with Crippen LogP contribution in [0.3, 0.4) is 0 Å². The smallest absolute Gasteiger partial charge is 0.374 e. The minimum atomic E-state index is -3.67. The van der Waals surface area contributed by atoms with E-state index < -0.39 is 13.6 Å². The van der Waals surface area contributed by atoms with Gasteiger partial charge in [0, 0.05) is 0 Å². The van der Waals surface area contributed by atoms with Crippen LogP contribution in [0, 0.1) is 0 Å². The molecule has 0 aliphatic rings. The lowest BCUT2D eigenvalue weighted by Crippen LogP contribution is -2.03. The average molecular weight is 358 g/mol. The van der Waals surface area contributed by atoms with Crippen molar-refractivity contribution in [3.63, 3.8) is 0 Å². The second kappa shape index (κ2) is 10.1. The molecule has 1 aromatic rings. The molecule has 0 N–H and O–H groups in total. The molecule has 0 aliphatic heterocycles. The molecule has 0 spiro atoms. The fourth-order valence-corrected chi connectivity index (χ4v) is 3.38. The number of hydrogen-bond acceptors (Lipinski definition) is 7. The largest absolute Gasteiger partial charge is 0.496 e. The highest BCUT2D eigenvalue weighted by Gasteiger charge is 2.34. The van der Waals surface area contributed by atoms with E-state index in [0.717, 1.165) is 0 Å². The van der Waals surface area contributed by atoms with E-state index >= 15 is 0 Å². The number of carbonyl (C=O) groups excluding carboxylic acids is 1. The van der Waals surface area contributed by atoms with Crippen molar-refractivity contribution in [1.29, 1.82) is 0 Å². The Morgan fingerprint density at radius 1 is 1.17 bits per heavy atom. The van der Waals surface area contributed by atoms with Crippen molar-refractivity contribution in [1.82, 2.24) is 0 Å². The van der Waals surface area contributed by atoms with Crippen molar-refractivity contribution < 1.29 is 32.3 Å². The summed E-state index contributed by atoms with van der Waals surface area (Å²) in [6.45, 7) is 9.38. The van der Waals surface area contributed by atoms with Crippen LogP contribution in [0.5, 0.6) is 0 Å². The Balaban J connectivity index is 3.23. The molecule has 0 radical (unpaired) electrons. The summed E-state index contributed by atoms with van der Waals surface area (Å²) in [5, 5.41) is 0.0867. The Labute approximate surface area is 141 Å². The molecular weight excluding hydrogens is 335 g/mol. The van der Waals surface area contributed by atoms with Crippen LogP contribution in [0.4, 0.5) is 0 Å². The van der Waals surface area contributed by atoms with Crippen molar-refractivity contribution in [2.75, 3.05) is 26.4 Å². The molecule has 0 unspecified atom stereocenters. The van der Waals surface area contributed by atoms with Gasteiger partial charge in [-0.3, -0.25) is 4.57 Å². The van der Waals surface area contributed by atoms with Crippen molar-refractivity contribution in [2.24, 2.45) is 0 Å². The molecule has 0 aromatic carbocycles. The third kappa shape index (κ3) is 5.37. The summed E-state index contributed by atoms with van der Waals surface area (Å²) in [7, 11) is -3.67. The fraction of sp³-hybridized carbons (Fsp3) is 0.438. The molecular formula is C16H23O7P. The quantitative estimate of drug-likeness (QED) is 0.192. The summed E-state index contributed by atoms with van der Waals surface area (Å²) < 4.78 is 39.2. The topological polar surface area (TPSA) is 84.2 Å². The fourth-order valence-electron chi connectivity index (χ4n) is 1.76. The molecule has 8 heteroatoms. The van der Waals surface area contributed by atoms with Crippen LogP contribution in [-0.2, 0) is 23.1 Å². The summed E-state index contributed by atoms with van der Waals surface area (Å²) in [5.41, 5.74) is 0. The van der Waals surface area contributed by atoms with Gasteiger partial charge in [-0.15, -0.1) is 0 Å². The third-order valence-electron chi connectivity index (χ3n) is 2.64. The van der Waals surface area contributed by atoms with Gasteiger partial charge in [-0.25, -0.2) is 4.79 Å². The maximum atomic E-state index is 13.0. The minimum Gasteiger partial charge on any atom is -0.496 e. The first kappa shape index (κ1) is 20.2. The van der Waals surface area contributed by atoms with E-state index in [4.69, 9.17) is 22.9 Å². The molecule has 1 aromatic heterocycles. The predicted molar refractivity (Wildman–Crippen MR) is 89.6 cm³/mol. The summed E-state index contributed by atoms with van der Waals surface area (Å²) in [6.07, 6.45) is 2.77. The lowest BCUT2D eigenvalue weighted by molar-refractivity contribution is 0.0489. The molecule has 0 saturated heterocycles. The van der Waals surface area contributed by atoms with E-state index in [-0.39, 0.29) is 43.3 Å². The zero-order valence-corrected chi connectivity index (χ0v) is 15.0. The van der Waals surface area contributed by atoms with Gasteiger partial charge >= 0.3 is 13.6 Å². The van der Waals surface area contributed by atoms with E-state index in [1.54, 1.807) is 20.8 Å². The lowest BCUT2D eigenvalue weighted by Gasteiger charge is -2.18. The molecule has 1 rings (SSSR count). The number of rotatable bonds is 11. The van der Waals surface area contributed by atoms with E-state index in [0.29, 0.717) is 0 Å². The summed E-state index contributed by atoms with van der Waals surface area (Å²) >= 11 is 0. The molecule has 0 bridgehead atoms. The summed E-state index contributed by atoms with van der Waals surface area (Å²) in [5.74, 6) is -0.480. The molecule has 0 aliphatic carbocycles. The Morgan fingerprint density at radius 2 is 1.79 bits per heavy atom. The van der Waals surface area contributed by atoms with Gasteiger partial charge in [0.1, 0.15) is 23.9 Å². The van der Waals surface area contributed by atoms with Gasteiger partial charge in [0.2, 0.25) is 5.76 Å². The van der Waals surface area contributed by atoms with Crippen LogP contribution >= 0.6 is 7.60 Å². The Bertz CT molecular complexity index is 608. The van der Waals surface area contributed by atoms with Gasteiger partial charge in [0.15, 0.2) is 0 Å². The molecule has 0 atom stereocenters. The van der Waals surface area contributed by atoms with Gasteiger partial charge in [-0.1, -0.05) is 12.7 Å².